The van der Waals surface area contributed by atoms with Crippen molar-refractivity contribution in [3.8, 4) is 21.9 Å². The van der Waals surface area contributed by atoms with Gasteiger partial charge in [0.2, 0.25) is 5.95 Å². The Morgan fingerprint density at radius 1 is 1.21 bits per heavy atom. The predicted octanol–water partition coefficient (Wildman–Crippen LogP) is 4.38. The van der Waals surface area contributed by atoms with Crippen LogP contribution in [0.1, 0.15) is 20.2 Å². The minimum Gasteiger partial charge on any atom is -0.356 e. The highest BCUT2D eigenvalue weighted by Crippen LogP contribution is 2.35. The molecule has 1 amide bonds. The lowest BCUT2D eigenvalue weighted by Crippen LogP contribution is -2.28. The molecule has 0 aliphatic carbocycles. The first-order chi connectivity index (χ1) is 14.1. The second-order valence-electron chi connectivity index (χ2n) is 6.36. The maximum atomic E-state index is 12.0. The summed E-state index contributed by atoms with van der Waals surface area (Å²) in [5.41, 5.74) is 2.39. The molecule has 0 unspecified atom stereocenters. The first kappa shape index (κ1) is 19.3. The van der Waals surface area contributed by atoms with E-state index in [1.54, 1.807) is 23.6 Å². The van der Waals surface area contributed by atoms with Crippen molar-refractivity contribution in [2.24, 2.45) is 0 Å². The van der Waals surface area contributed by atoms with Gasteiger partial charge in [0.1, 0.15) is 0 Å². The van der Waals surface area contributed by atoms with Crippen molar-refractivity contribution in [1.82, 2.24) is 20.4 Å². The van der Waals surface area contributed by atoms with Crippen molar-refractivity contribution >= 4 is 34.5 Å². The van der Waals surface area contributed by atoms with E-state index in [0.29, 0.717) is 29.7 Å². The number of anilines is 1. The van der Waals surface area contributed by atoms with E-state index in [2.05, 4.69) is 33.8 Å². The lowest BCUT2D eigenvalue weighted by Gasteiger charge is -2.09. The van der Waals surface area contributed by atoms with Crippen molar-refractivity contribution in [3.05, 3.63) is 57.4 Å². The van der Waals surface area contributed by atoms with Gasteiger partial charge in [-0.1, -0.05) is 11.2 Å². The number of nitrogens with one attached hydrogen (secondary N) is 2. The van der Waals surface area contributed by atoms with Crippen LogP contribution in [0.2, 0.25) is 0 Å². The molecule has 29 heavy (non-hydrogen) atoms. The number of rotatable bonds is 7. The average molecular weight is 426 g/mol. The number of hydrogen-bond acceptors (Lipinski definition) is 8. The second kappa shape index (κ2) is 8.54. The van der Waals surface area contributed by atoms with Crippen LogP contribution in [0.4, 0.5) is 5.95 Å². The number of amides is 1. The molecule has 0 aliphatic rings. The highest BCUT2D eigenvalue weighted by molar-refractivity contribution is 7.15. The van der Waals surface area contributed by atoms with E-state index in [0.717, 1.165) is 21.8 Å². The third kappa shape index (κ3) is 4.52. The first-order valence-corrected chi connectivity index (χ1v) is 10.7. The monoisotopic (exact) mass is 425 g/mol. The van der Waals surface area contributed by atoms with Crippen LogP contribution < -0.4 is 10.6 Å². The Balaban J connectivity index is 1.49. The molecule has 148 valence electrons. The molecule has 9 heteroatoms. The molecule has 0 aromatic carbocycles. The number of aryl methyl sites for hydroxylation is 2. The van der Waals surface area contributed by atoms with E-state index < -0.39 is 0 Å². The standard InChI is InChI=1S/C20H19N5O2S2/c1-12-10-15(27-25-12)14-11-23-20(24-18(14)16-6-5-13(2)29-16)22-8-7-21-19(26)17-4-3-9-28-17/h3-6,9-11H,7-8H2,1-2H3,(H,21,26)(H,22,23,24). The summed E-state index contributed by atoms with van der Waals surface area (Å²) in [6.07, 6.45) is 1.74. The first-order valence-electron chi connectivity index (χ1n) is 9.03. The Labute approximate surface area is 175 Å². The fourth-order valence-electron chi connectivity index (χ4n) is 2.73. The third-order valence-corrected chi connectivity index (χ3v) is 5.97. The molecular weight excluding hydrogens is 406 g/mol. The van der Waals surface area contributed by atoms with Gasteiger partial charge < -0.3 is 15.2 Å². The van der Waals surface area contributed by atoms with Crippen LogP contribution in [-0.2, 0) is 0 Å². The van der Waals surface area contributed by atoms with E-state index in [9.17, 15) is 4.79 Å². The Morgan fingerprint density at radius 3 is 2.79 bits per heavy atom. The molecular formula is C20H19N5O2S2. The summed E-state index contributed by atoms with van der Waals surface area (Å²) >= 11 is 3.08. The molecule has 2 N–H and O–H groups in total. The van der Waals surface area contributed by atoms with Gasteiger partial charge in [0.05, 0.1) is 26.7 Å². The smallest absolute Gasteiger partial charge is 0.261 e. The Hall–Kier alpha value is -3.04. The van der Waals surface area contributed by atoms with Crippen LogP contribution in [0.3, 0.4) is 0 Å². The van der Waals surface area contributed by atoms with Gasteiger partial charge in [0, 0.05) is 30.2 Å². The third-order valence-electron chi connectivity index (χ3n) is 4.09. The molecule has 0 fully saturated rings. The summed E-state index contributed by atoms with van der Waals surface area (Å²) in [5, 5.41) is 11.9. The number of carbonyl (C=O) groups excluding carboxylic acids is 1. The summed E-state index contributed by atoms with van der Waals surface area (Å²) in [7, 11) is 0. The topological polar surface area (TPSA) is 92.9 Å². The molecule has 7 nitrogen and oxygen atoms in total. The van der Waals surface area contributed by atoms with Crippen molar-refractivity contribution in [2.45, 2.75) is 13.8 Å². The number of thiophene rings is 2. The fourth-order valence-corrected chi connectivity index (χ4v) is 4.24. The van der Waals surface area contributed by atoms with E-state index in [1.165, 1.54) is 16.2 Å². The average Bonchev–Trinajstić information content (AvgIpc) is 3.47. The molecule has 0 radical (unpaired) electrons. The highest BCUT2D eigenvalue weighted by Gasteiger charge is 2.16. The van der Waals surface area contributed by atoms with Crippen molar-refractivity contribution in [1.29, 1.82) is 0 Å². The Bertz CT molecular complexity index is 1120. The van der Waals surface area contributed by atoms with Gasteiger partial charge in [0.25, 0.3) is 5.91 Å². The lowest BCUT2D eigenvalue weighted by molar-refractivity contribution is 0.0959. The number of nitrogens with zero attached hydrogens (tertiary/aromatic N) is 3. The van der Waals surface area contributed by atoms with E-state index in [-0.39, 0.29) is 5.91 Å². The van der Waals surface area contributed by atoms with Gasteiger partial charge in [-0.2, -0.15) is 0 Å². The quantitative estimate of drug-likeness (QED) is 0.427. The molecule has 0 spiro atoms. The SMILES string of the molecule is Cc1cc(-c2cnc(NCCNC(=O)c3cccs3)nc2-c2ccc(C)s2)on1. The van der Waals surface area contributed by atoms with Crippen LogP contribution in [0, 0.1) is 13.8 Å². The van der Waals surface area contributed by atoms with Crippen LogP contribution in [0.15, 0.2) is 46.4 Å². The van der Waals surface area contributed by atoms with Gasteiger partial charge >= 0.3 is 0 Å². The molecule has 0 atom stereocenters. The maximum absolute atomic E-state index is 12.0. The van der Waals surface area contributed by atoms with E-state index in [4.69, 9.17) is 9.51 Å². The summed E-state index contributed by atoms with van der Waals surface area (Å²) < 4.78 is 5.43. The lowest BCUT2D eigenvalue weighted by atomic mass is 10.1. The summed E-state index contributed by atoms with van der Waals surface area (Å²) in [5.74, 6) is 1.06. The van der Waals surface area contributed by atoms with Gasteiger partial charge in [-0.05, 0) is 37.4 Å². The van der Waals surface area contributed by atoms with Gasteiger partial charge in [-0.25, -0.2) is 9.97 Å². The molecule has 0 bridgehead atoms. The molecule has 0 saturated heterocycles. The van der Waals surface area contributed by atoms with Crippen LogP contribution in [-0.4, -0.2) is 34.1 Å². The summed E-state index contributed by atoms with van der Waals surface area (Å²) in [4.78, 5) is 24.0. The van der Waals surface area contributed by atoms with Crippen molar-refractivity contribution in [3.63, 3.8) is 0 Å². The van der Waals surface area contributed by atoms with E-state index >= 15 is 0 Å². The zero-order valence-electron chi connectivity index (χ0n) is 15.9. The minimum absolute atomic E-state index is 0.0755. The zero-order chi connectivity index (χ0) is 20.2. The molecule has 4 heterocycles. The largest absolute Gasteiger partial charge is 0.356 e. The molecule has 4 aromatic rings. The van der Waals surface area contributed by atoms with Crippen LogP contribution in [0.5, 0.6) is 0 Å². The molecule has 4 aromatic heterocycles. The zero-order valence-corrected chi connectivity index (χ0v) is 17.6. The molecule has 4 rings (SSSR count). The summed E-state index contributed by atoms with van der Waals surface area (Å²) in [6, 6.07) is 9.63. The highest BCUT2D eigenvalue weighted by atomic mass is 32.1. The second-order valence-corrected chi connectivity index (χ2v) is 8.59. The van der Waals surface area contributed by atoms with Crippen LogP contribution in [0.25, 0.3) is 21.9 Å². The maximum Gasteiger partial charge on any atom is 0.261 e. The number of hydrogen-bond donors (Lipinski definition) is 2. The van der Waals surface area contributed by atoms with Gasteiger partial charge in [0.15, 0.2) is 5.76 Å². The molecule has 0 saturated carbocycles. The van der Waals surface area contributed by atoms with Gasteiger partial charge in [-0.15, -0.1) is 22.7 Å². The van der Waals surface area contributed by atoms with Gasteiger partial charge in [-0.3, -0.25) is 4.79 Å². The minimum atomic E-state index is -0.0755. The Morgan fingerprint density at radius 2 is 2.10 bits per heavy atom. The summed E-state index contributed by atoms with van der Waals surface area (Å²) in [6.45, 7) is 4.92. The molecule has 0 aliphatic heterocycles. The van der Waals surface area contributed by atoms with E-state index in [1.807, 2.05) is 30.5 Å². The van der Waals surface area contributed by atoms with Crippen LogP contribution >= 0.6 is 22.7 Å². The fraction of sp³-hybridized carbons (Fsp3) is 0.200. The normalized spacial score (nSPS) is 10.8. The Kier molecular flexibility index (Phi) is 5.68. The number of aromatic nitrogens is 3. The van der Waals surface area contributed by atoms with Crippen molar-refractivity contribution in [2.75, 3.05) is 18.4 Å². The predicted molar refractivity (Wildman–Crippen MR) is 115 cm³/mol. The van der Waals surface area contributed by atoms with Crippen molar-refractivity contribution < 1.29 is 9.32 Å². The number of carbonyl (C=O) groups is 1.